The molecule has 1 aromatic heterocycles. The molecular formula is C15H22N4O2. The van der Waals surface area contributed by atoms with Gasteiger partial charge < -0.3 is 20.4 Å². The van der Waals surface area contributed by atoms with Gasteiger partial charge in [0.05, 0.1) is 18.7 Å². The van der Waals surface area contributed by atoms with Crippen LogP contribution in [-0.2, 0) is 0 Å². The molecule has 114 valence electrons. The van der Waals surface area contributed by atoms with Crippen LogP contribution in [0.3, 0.4) is 0 Å². The van der Waals surface area contributed by atoms with E-state index in [2.05, 4.69) is 22.2 Å². The molecule has 0 amide bonds. The van der Waals surface area contributed by atoms with E-state index in [0.717, 1.165) is 29.7 Å². The number of nitrogens with one attached hydrogen (secondary N) is 1. The van der Waals surface area contributed by atoms with Crippen LogP contribution in [0.2, 0.25) is 0 Å². The van der Waals surface area contributed by atoms with Crippen molar-refractivity contribution in [1.29, 1.82) is 0 Å². The van der Waals surface area contributed by atoms with Gasteiger partial charge in [0.2, 0.25) is 5.95 Å². The second-order valence-corrected chi connectivity index (χ2v) is 4.75. The Hall–Kier alpha value is -1.92. The van der Waals surface area contributed by atoms with Gasteiger partial charge in [0.25, 0.3) is 0 Å². The number of fused-ring (bicyclic) bond motifs is 1. The first-order valence-corrected chi connectivity index (χ1v) is 7.27. The Morgan fingerprint density at radius 3 is 2.48 bits per heavy atom. The van der Waals surface area contributed by atoms with E-state index in [1.54, 1.807) is 0 Å². The predicted molar refractivity (Wildman–Crippen MR) is 84.7 cm³/mol. The Morgan fingerprint density at radius 2 is 1.81 bits per heavy atom. The van der Waals surface area contributed by atoms with Gasteiger partial charge >= 0.3 is 0 Å². The number of hydrogen-bond acceptors (Lipinski definition) is 6. The molecule has 3 N–H and O–H groups in total. The van der Waals surface area contributed by atoms with Gasteiger partial charge in [-0.3, -0.25) is 0 Å². The molecule has 6 nitrogen and oxygen atoms in total. The van der Waals surface area contributed by atoms with Gasteiger partial charge in [-0.1, -0.05) is 19.1 Å². The minimum absolute atomic E-state index is 0.00997. The number of benzene rings is 1. The van der Waals surface area contributed by atoms with Gasteiger partial charge in [-0.05, 0) is 18.6 Å². The second kappa shape index (κ2) is 7.75. The van der Waals surface area contributed by atoms with Crippen molar-refractivity contribution in [2.45, 2.75) is 13.3 Å². The van der Waals surface area contributed by atoms with Crippen molar-refractivity contribution in [3.05, 3.63) is 24.3 Å². The molecule has 2 aromatic rings. The molecule has 0 fully saturated rings. The fourth-order valence-electron chi connectivity index (χ4n) is 2.18. The summed E-state index contributed by atoms with van der Waals surface area (Å²) in [6.45, 7) is 3.76. The van der Waals surface area contributed by atoms with Gasteiger partial charge in [0, 0.05) is 25.0 Å². The first-order valence-electron chi connectivity index (χ1n) is 7.27. The quantitative estimate of drug-likeness (QED) is 0.679. The van der Waals surface area contributed by atoms with Crippen LogP contribution in [0.1, 0.15) is 13.3 Å². The molecule has 6 heteroatoms. The molecule has 0 atom stereocenters. The molecule has 0 saturated heterocycles. The predicted octanol–water partition coefficient (Wildman–Crippen LogP) is 1.24. The van der Waals surface area contributed by atoms with Crippen LogP contribution in [0, 0.1) is 0 Å². The molecule has 2 rings (SSSR count). The van der Waals surface area contributed by atoms with E-state index in [9.17, 15) is 10.2 Å². The number of nitrogens with zero attached hydrogens (tertiary/aromatic N) is 3. The van der Waals surface area contributed by atoms with Crippen molar-refractivity contribution in [3.63, 3.8) is 0 Å². The number of aliphatic hydroxyl groups excluding tert-OH is 2. The van der Waals surface area contributed by atoms with Crippen LogP contribution in [0.4, 0.5) is 11.8 Å². The van der Waals surface area contributed by atoms with Crippen molar-refractivity contribution in [2.24, 2.45) is 0 Å². The molecule has 1 aromatic carbocycles. The molecule has 0 radical (unpaired) electrons. The van der Waals surface area contributed by atoms with Crippen LogP contribution in [0.25, 0.3) is 10.9 Å². The Labute approximate surface area is 124 Å². The standard InChI is InChI=1S/C15H22N4O2/c1-2-7-16-15-17-13-6-4-3-5-12(13)14(18-15)19(8-10-20)9-11-21/h3-6,20-21H,2,7-11H2,1H3,(H,16,17,18). The monoisotopic (exact) mass is 290 g/mol. The maximum absolute atomic E-state index is 9.23. The van der Waals surface area contributed by atoms with Gasteiger partial charge in [-0.2, -0.15) is 4.98 Å². The maximum atomic E-state index is 9.23. The third-order valence-electron chi connectivity index (χ3n) is 3.16. The lowest BCUT2D eigenvalue weighted by Crippen LogP contribution is -2.31. The van der Waals surface area contributed by atoms with E-state index >= 15 is 0 Å². The van der Waals surface area contributed by atoms with E-state index in [1.807, 2.05) is 29.2 Å². The zero-order chi connectivity index (χ0) is 15.1. The van der Waals surface area contributed by atoms with E-state index in [1.165, 1.54) is 0 Å². The highest BCUT2D eigenvalue weighted by atomic mass is 16.3. The second-order valence-electron chi connectivity index (χ2n) is 4.75. The highest BCUT2D eigenvalue weighted by Crippen LogP contribution is 2.25. The Morgan fingerprint density at radius 1 is 1.10 bits per heavy atom. The fourth-order valence-corrected chi connectivity index (χ4v) is 2.18. The van der Waals surface area contributed by atoms with Crippen molar-refractivity contribution < 1.29 is 10.2 Å². The van der Waals surface area contributed by atoms with Gasteiger partial charge in [0.1, 0.15) is 5.82 Å². The van der Waals surface area contributed by atoms with E-state index < -0.39 is 0 Å². The molecule has 0 aliphatic carbocycles. The maximum Gasteiger partial charge on any atom is 0.225 e. The lowest BCUT2D eigenvalue weighted by atomic mass is 10.2. The minimum Gasteiger partial charge on any atom is -0.395 e. The lowest BCUT2D eigenvalue weighted by molar-refractivity contribution is 0.281. The van der Waals surface area contributed by atoms with Gasteiger partial charge in [-0.15, -0.1) is 0 Å². The topological polar surface area (TPSA) is 81.5 Å². The van der Waals surface area contributed by atoms with Crippen molar-refractivity contribution in [1.82, 2.24) is 9.97 Å². The Kier molecular flexibility index (Phi) is 5.71. The molecular weight excluding hydrogens is 268 g/mol. The van der Waals surface area contributed by atoms with Crippen molar-refractivity contribution in [2.75, 3.05) is 43.1 Å². The number of aromatic nitrogens is 2. The summed E-state index contributed by atoms with van der Waals surface area (Å²) in [5.41, 5.74) is 0.849. The smallest absolute Gasteiger partial charge is 0.225 e. The van der Waals surface area contributed by atoms with Gasteiger partial charge in [-0.25, -0.2) is 4.98 Å². The number of aliphatic hydroxyl groups is 2. The summed E-state index contributed by atoms with van der Waals surface area (Å²) in [4.78, 5) is 10.9. The molecule has 0 bridgehead atoms. The Balaban J connectivity index is 2.46. The van der Waals surface area contributed by atoms with Crippen LogP contribution >= 0.6 is 0 Å². The summed E-state index contributed by atoms with van der Waals surface area (Å²) in [6, 6.07) is 7.76. The van der Waals surface area contributed by atoms with Crippen LogP contribution in [0.5, 0.6) is 0 Å². The number of para-hydroxylation sites is 1. The van der Waals surface area contributed by atoms with Crippen LogP contribution in [-0.4, -0.2) is 53.0 Å². The number of hydrogen-bond donors (Lipinski definition) is 3. The molecule has 0 spiro atoms. The summed E-state index contributed by atoms with van der Waals surface area (Å²) >= 11 is 0. The average molecular weight is 290 g/mol. The first-order chi connectivity index (χ1) is 10.3. The normalized spacial score (nSPS) is 10.8. The summed E-state index contributed by atoms with van der Waals surface area (Å²) in [6.07, 6.45) is 0.989. The summed E-state index contributed by atoms with van der Waals surface area (Å²) in [5, 5.41) is 22.6. The number of anilines is 2. The van der Waals surface area contributed by atoms with Crippen molar-refractivity contribution >= 4 is 22.7 Å². The lowest BCUT2D eigenvalue weighted by Gasteiger charge is -2.23. The minimum atomic E-state index is 0.00997. The first kappa shape index (κ1) is 15.5. The van der Waals surface area contributed by atoms with E-state index in [-0.39, 0.29) is 13.2 Å². The average Bonchev–Trinajstić information content (AvgIpc) is 2.52. The molecule has 0 saturated carbocycles. The summed E-state index contributed by atoms with van der Waals surface area (Å²) in [7, 11) is 0. The highest BCUT2D eigenvalue weighted by molar-refractivity contribution is 5.90. The molecule has 0 unspecified atom stereocenters. The highest BCUT2D eigenvalue weighted by Gasteiger charge is 2.13. The zero-order valence-corrected chi connectivity index (χ0v) is 12.3. The molecule has 0 aliphatic rings. The number of rotatable bonds is 8. The molecule has 0 aliphatic heterocycles. The SMILES string of the molecule is CCCNc1nc(N(CCO)CCO)c2ccccc2n1. The summed E-state index contributed by atoms with van der Waals surface area (Å²) in [5.74, 6) is 1.31. The molecule has 21 heavy (non-hydrogen) atoms. The summed E-state index contributed by atoms with van der Waals surface area (Å²) < 4.78 is 0. The zero-order valence-electron chi connectivity index (χ0n) is 12.3. The van der Waals surface area contributed by atoms with Gasteiger partial charge in [0.15, 0.2) is 0 Å². The third kappa shape index (κ3) is 3.80. The van der Waals surface area contributed by atoms with Crippen LogP contribution < -0.4 is 10.2 Å². The molecule has 1 heterocycles. The van der Waals surface area contributed by atoms with E-state index in [0.29, 0.717) is 19.0 Å². The third-order valence-corrected chi connectivity index (χ3v) is 3.16. The Bertz CT molecular complexity index is 571. The van der Waals surface area contributed by atoms with Crippen LogP contribution in [0.15, 0.2) is 24.3 Å². The largest absolute Gasteiger partial charge is 0.395 e. The van der Waals surface area contributed by atoms with Crippen molar-refractivity contribution in [3.8, 4) is 0 Å². The fraction of sp³-hybridized carbons (Fsp3) is 0.467. The van der Waals surface area contributed by atoms with E-state index in [4.69, 9.17) is 0 Å².